The van der Waals surface area contributed by atoms with Crippen LogP contribution in [-0.2, 0) is 23.1 Å². The Morgan fingerprint density at radius 2 is 2.19 bits per heavy atom. The van der Waals surface area contributed by atoms with Gasteiger partial charge in [0.25, 0.3) is 0 Å². The van der Waals surface area contributed by atoms with Crippen LogP contribution in [0.25, 0.3) is 0 Å². The summed E-state index contributed by atoms with van der Waals surface area (Å²) in [5.74, 6) is -1.35. The van der Waals surface area contributed by atoms with E-state index in [0.717, 1.165) is 0 Å². The molecule has 1 amide bonds. The molecule has 1 unspecified atom stereocenters. The molecule has 0 radical (unpaired) electrons. The lowest BCUT2D eigenvalue weighted by Gasteiger charge is -2.10. The molecule has 110 valence electrons. The van der Waals surface area contributed by atoms with E-state index >= 15 is 0 Å². The predicted octanol–water partition coefficient (Wildman–Crippen LogP) is 0.0807. The highest BCUT2D eigenvalue weighted by molar-refractivity contribution is 5.95. The number of aliphatic carboxylic acids is 1. The van der Waals surface area contributed by atoms with Crippen LogP contribution in [-0.4, -0.2) is 31.7 Å². The first-order valence-electron chi connectivity index (χ1n) is 6.17. The molecule has 2 rings (SSSR count). The first-order valence-corrected chi connectivity index (χ1v) is 6.17. The number of aryl methyl sites for hydroxylation is 1. The molecule has 2 aromatic rings. The van der Waals surface area contributed by atoms with Crippen LogP contribution in [0.15, 0.2) is 30.7 Å². The van der Waals surface area contributed by atoms with Crippen molar-refractivity contribution in [1.82, 2.24) is 14.8 Å². The van der Waals surface area contributed by atoms with Crippen molar-refractivity contribution < 1.29 is 14.7 Å². The maximum Gasteiger partial charge on any atom is 0.309 e. The molecular formula is C13H15N5O3. The third kappa shape index (κ3) is 3.86. The van der Waals surface area contributed by atoms with E-state index in [2.05, 4.69) is 15.4 Å². The highest BCUT2D eigenvalue weighted by Gasteiger charge is 2.17. The van der Waals surface area contributed by atoms with Crippen LogP contribution < -0.4 is 11.1 Å². The Morgan fingerprint density at radius 1 is 1.43 bits per heavy atom. The summed E-state index contributed by atoms with van der Waals surface area (Å²) in [6.07, 6.45) is 4.42. The van der Waals surface area contributed by atoms with Crippen molar-refractivity contribution in [2.75, 3.05) is 5.32 Å². The Morgan fingerprint density at radius 3 is 2.71 bits per heavy atom. The second-order valence-electron chi connectivity index (χ2n) is 4.52. The van der Waals surface area contributed by atoms with Crippen molar-refractivity contribution in [3.63, 3.8) is 0 Å². The van der Waals surface area contributed by atoms with Crippen molar-refractivity contribution in [3.05, 3.63) is 42.0 Å². The normalized spacial score (nSPS) is 11.9. The summed E-state index contributed by atoms with van der Waals surface area (Å²) in [6, 6.07) is 2.29. The number of carbonyl (C=O) groups is 2. The lowest BCUT2D eigenvalue weighted by Crippen LogP contribution is -2.27. The van der Waals surface area contributed by atoms with E-state index in [9.17, 15) is 9.59 Å². The van der Waals surface area contributed by atoms with E-state index in [1.54, 1.807) is 30.1 Å². The highest BCUT2D eigenvalue weighted by Crippen LogP contribution is 2.13. The number of amides is 1. The van der Waals surface area contributed by atoms with Crippen molar-refractivity contribution in [1.29, 1.82) is 0 Å². The Bertz CT molecular complexity index is 650. The molecule has 2 heterocycles. The van der Waals surface area contributed by atoms with E-state index in [4.69, 9.17) is 10.8 Å². The number of hydrogen-bond donors (Lipinski definition) is 3. The lowest BCUT2D eigenvalue weighted by molar-refractivity contribution is -0.136. The summed E-state index contributed by atoms with van der Waals surface area (Å²) in [5, 5.41) is 15.2. The minimum Gasteiger partial charge on any atom is -0.481 e. The number of rotatable bonds is 5. The molecule has 0 aliphatic carbocycles. The van der Waals surface area contributed by atoms with Crippen molar-refractivity contribution in [2.45, 2.75) is 12.5 Å². The summed E-state index contributed by atoms with van der Waals surface area (Å²) < 4.78 is 1.56. The van der Waals surface area contributed by atoms with E-state index in [-0.39, 0.29) is 6.42 Å². The number of nitrogens with zero attached hydrogens (tertiary/aromatic N) is 3. The lowest BCUT2D eigenvalue weighted by atomic mass is 10.1. The monoisotopic (exact) mass is 289 g/mol. The molecular weight excluding hydrogens is 274 g/mol. The van der Waals surface area contributed by atoms with Crippen LogP contribution in [0.3, 0.4) is 0 Å². The van der Waals surface area contributed by atoms with Crippen LogP contribution >= 0.6 is 0 Å². The highest BCUT2D eigenvalue weighted by atomic mass is 16.4. The zero-order valence-corrected chi connectivity index (χ0v) is 11.4. The number of aromatic nitrogens is 3. The number of carboxylic acid groups (broad SMARTS) is 1. The second kappa shape index (κ2) is 6.14. The number of anilines is 1. The van der Waals surface area contributed by atoms with Crippen molar-refractivity contribution in [3.8, 4) is 0 Å². The van der Waals surface area contributed by atoms with Crippen molar-refractivity contribution in [2.24, 2.45) is 12.8 Å². The number of nitrogens with two attached hydrogens (primary N) is 1. The number of hydrogen-bond acceptors (Lipinski definition) is 5. The van der Waals surface area contributed by atoms with Gasteiger partial charge < -0.3 is 16.2 Å². The molecule has 0 aliphatic heterocycles. The molecule has 0 aromatic carbocycles. The minimum absolute atomic E-state index is 0.163. The Labute approximate surface area is 120 Å². The van der Waals surface area contributed by atoms with Crippen LogP contribution in [0.1, 0.15) is 17.3 Å². The smallest absolute Gasteiger partial charge is 0.309 e. The summed E-state index contributed by atoms with van der Waals surface area (Å²) in [6.45, 7) is 0. The fourth-order valence-electron chi connectivity index (χ4n) is 1.73. The number of nitrogens with one attached hydrogen (secondary N) is 1. The van der Waals surface area contributed by atoms with E-state index in [1.807, 2.05) is 0 Å². The SMILES string of the molecule is Cn1cc(C(N)C(=O)Nc2ccc(CC(=O)O)nc2)cn1. The topological polar surface area (TPSA) is 123 Å². The molecule has 2 aromatic heterocycles. The minimum atomic E-state index is -0.960. The zero-order chi connectivity index (χ0) is 15.4. The third-order valence-electron chi connectivity index (χ3n) is 2.79. The van der Waals surface area contributed by atoms with Gasteiger partial charge in [0, 0.05) is 18.8 Å². The molecule has 1 atom stereocenters. The van der Waals surface area contributed by atoms with Gasteiger partial charge in [0.1, 0.15) is 6.04 Å². The van der Waals surface area contributed by atoms with Crippen LogP contribution in [0.4, 0.5) is 5.69 Å². The first-order chi connectivity index (χ1) is 9.95. The maximum absolute atomic E-state index is 12.0. The quantitative estimate of drug-likeness (QED) is 0.716. The van der Waals surface area contributed by atoms with E-state index in [0.29, 0.717) is 16.9 Å². The standard InChI is InChI=1S/C13H15N5O3/c1-18-7-8(5-16-18)12(14)13(21)17-10-3-2-9(15-6-10)4-11(19)20/h2-3,5-7,12H,4,14H2,1H3,(H,17,21)(H,19,20). The van der Waals surface area contributed by atoms with E-state index in [1.165, 1.54) is 12.4 Å². The van der Waals surface area contributed by atoms with Gasteiger partial charge in [-0.25, -0.2) is 0 Å². The number of pyridine rings is 1. The average Bonchev–Trinajstić information content (AvgIpc) is 2.86. The van der Waals surface area contributed by atoms with Gasteiger partial charge in [0.05, 0.1) is 30.2 Å². The molecule has 0 saturated heterocycles. The Hall–Kier alpha value is -2.74. The largest absolute Gasteiger partial charge is 0.481 e. The van der Waals surface area contributed by atoms with Gasteiger partial charge in [0.2, 0.25) is 5.91 Å². The fraction of sp³-hybridized carbons (Fsp3) is 0.231. The maximum atomic E-state index is 12.0. The summed E-state index contributed by atoms with van der Waals surface area (Å²) in [5.41, 5.74) is 7.30. The fourth-order valence-corrected chi connectivity index (χ4v) is 1.73. The van der Waals surface area contributed by atoms with Crippen molar-refractivity contribution >= 4 is 17.6 Å². The third-order valence-corrected chi connectivity index (χ3v) is 2.79. The van der Waals surface area contributed by atoms with Gasteiger partial charge in [-0.15, -0.1) is 0 Å². The molecule has 0 bridgehead atoms. The molecule has 0 saturated carbocycles. The second-order valence-corrected chi connectivity index (χ2v) is 4.52. The van der Waals surface area contributed by atoms with E-state index < -0.39 is 17.9 Å². The molecule has 0 fully saturated rings. The predicted molar refractivity (Wildman–Crippen MR) is 74.3 cm³/mol. The molecule has 21 heavy (non-hydrogen) atoms. The van der Waals surface area contributed by atoms with Gasteiger partial charge in [0.15, 0.2) is 0 Å². The Kier molecular flexibility index (Phi) is 4.29. The van der Waals surface area contributed by atoms with Gasteiger partial charge in [-0.05, 0) is 12.1 Å². The van der Waals surface area contributed by atoms with Gasteiger partial charge in [-0.2, -0.15) is 5.10 Å². The van der Waals surface area contributed by atoms with Gasteiger partial charge >= 0.3 is 5.97 Å². The number of carbonyl (C=O) groups excluding carboxylic acids is 1. The first kappa shape index (κ1) is 14.7. The van der Waals surface area contributed by atoms with Crippen LogP contribution in [0, 0.1) is 0 Å². The van der Waals surface area contributed by atoms with Crippen LogP contribution in [0.5, 0.6) is 0 Å². The molecule has 8 heteroatoms. The number of carboxylic acids is 1. The Balaban J connectivity index is 2.00. The molecule has 0 aliphatic rings. The summed E-state index contributed by atoms with van der Waals surface area (Å²) >= 11 is 0. The molecule has 4 N–H and O–H groups in total. The summed E-state index contributed by atoms with van der Waals surface area (Å²) in [4.78, 5) is 26.5. The molecule has 8 nitrogen and oxygen atoms in total. The average molecular weight is 289 g/mol. The zero-order valence-electron chi connectivity index (χ0n) is 11.4. The summed E-state index contributed by atoms with van der Waals surface area (Å²) in [7, 11) is 1.74. The van der Waals surface area contributed by atoms with Crippen LogP contribution in [0.2, 0.25) is 0 Å². The van der Waals surface area contributed by atoms with Gasteiger partial charge in [-0.3, -0.25) is 19.3 Å². The van der Waals surface area contributed by atoms with Gasteiger partial charge in [-0.1, -0.05) is 0 Å². The molecule has 0 spiro atoms.